The van der Waals surface area contributed by atoms with Gasteiger partial charge in [-0.05, 0) is 86.7 Å². The predicted octanol–water partition coefficient (Wildman–Crippen LogP) is 5.56. The molecule has 0 amide bonds. The number of rotatable bonds is 2. The van der Waals surface area contributed by atoms with Crippen LogP contribution >= 0.6 is 0 Å². The van der Waals surface area contributed by atoms with E-state index in [0.717, 1.165) is 37.7 Å². The minimum absolute atomic E-state index is 0.0395. The summed E-state index contributed by atoms with van der Waals surface area (Å²) in [6.45, 7) is 7.81. The van der Waals surface area contributed by atoms with Gasteiger partial charge in [-0.3, -0.25) is 4.79 Å². The lowest BCUT2D eigenvalue weighted by Crippen LogP contribution is -2.54. The van der Waals surface area contributed by atoms with Gasteiger partial charge in [-0.2, -0.15) is 0 Å². The van der Waals surface area contributed by atoms with Gasteiger partial charge in [0.15, 0.2) is 0 Å². The fourth-order valence-corrected chi connectivity index (χ4v) is 7.89. The Morgan fingerprint density at radius 2 is 1.93 bits per heavy atom. The van der Waals surface area contributed by atoms with E-state index >= 15 is 0 Å². The van der Waals surface area contributed by atoms with Crippen LogP contribution in [0.25, 0.3) is 0 Å². The molecule has 0 unspecified atom stereocenters. The van der Waals surface area contributed by atoms with Crippen molar-refractivity contribution in [2.24, 2.45) is 28.6 Å². The van der Waals surface area contributed by atoms with Crippen LogP contribution in [-0.2, 0) is 14.3 Å². The van der Waals surface area contributed by atoms with Crippen molar-refractivity contribution in [3.8, 4) is 0 Å². The maximum atomic E-state index is 12.0. The Labute approximate surface area is 163 Å². The van der Waals surface area contributed by atoms with Gasteiger partial charge >= 0.3 is 5.97 Å². The molecule has 5 aliphatic rings. The summed E-state index contributed by atoms with van der Waals surface area (Å²) in [5.41, 5.74) is 1.86. The number of allylic oxidation sites excluding steroid dienone is 4. The average molecular weight is 371 g/mol. The molecular weight excluding hydrogens is 336 g/mol. The molecule has 0 aromatic rings. The minimum atomic E-state index is -0.154. The number of esters is 1. The summed E-state index contributed by atoms with van der Waals surface area (Å²) in [6, 6.07) is 0. The minimum Gasteiger partial charge on any atom is -0.498 e. The third kappa shape index (κ3) is 2.29. The summed E-state index contributed by atoms with van der Waals surface area (Å²) in [4.78, 5) is 12.0. The Hall–Kier alpha value is -1.25. The topological polar surface area (TPSA) is 35.5 Å². The Balaban J connectivity index is 1.46. The van der Waals surface area contributed by atoms with Crippen molar-refractivity contribution in [1.82, 2.24) is 0 Å². The Morgan fingerprint density at radius 3 is 2.67 bits per heavy atom. The van der Waals surface area contributed by atoms with E-state index in [4.69, 9.17) is 9.47 Å². The molecule has 0 N–H and O–H groups in total. The summed E-state index contributed by atoms with van der Waals surface area (Å²) in [5.74, 6) is 3.44. The van der Waals surface area contributed by atoms with Crippen molar-refractivity contribution in [2.75, 3.05) is 6.61 Å². The molecule has 1 heterocycles. The monoisotopic (exact) mass is 370 g/mol. The third-order valence-electron chi connectivity index (χ3n) is 9.39. The second kappa shape index (κ2) is 5.87. The third-order valence-corrected chi connectivity index (χ3v) is 9.39. The molecule has 0 bridgehead atoms. The van der Waals surface area contributed by atoms with Crippen LogP contribution in [0.3, 0.4) is 0 Å². The molecule has 27 heavy (non-hydrogen) atoms. The molecule has 3 nitrogen and oxygen atoms in total. The first kappa shape index (κ1) is 17.8. The van der Waals surface area contributed by atoms with Crippen LogP contribution in [0.15, 0.2) is 23.5 Å². The highest BCUT2D eigenvalue weighted by Crippen LogP contribution is 2.69. The standard InChI is InChI=1S/C24H34O3/c1-4-26-17-7-11-22(2)16(15-17)5-6-18-19(22)8-12-23(3)20(18)9-13-24(23)14-10-21(25)27-24/h5,15,18-20H,4,6-14H2,1-3H3/t18-,19+,20+,22-,23-,24+/m0/s1. The Morgan fingerprint density at radius 1 is 1.11 bits per heavy atom. The summed E-state index contributed by atoms with van der Waals surface area (Å²) < 4.78 is 11.9. The van der Waals surface area contributed by atoms with Gasteiger partial charge in [0.05, 0.1) is 12.4 Å². The van der Waals surface area contributed by atoms with Crippen molar-refractivity contribution in [2.45, 2.75) is 84.2 Å². The van der Waals surface area contributed by atoms with Gasteiger partial charge in [0.2, 0.25) is 0 Å². The molecular formula is C24H34O3. The molecule has 4 aliphatic carbocycles. The molecule has 1 saturated heterocycles. The van der Waals surface area contributed by atoms with Gasteiger partial charge in [-0.15, -0.1) is 0 Å². The fraction of sp³-hybridized carbons (Fsp3) is 0.792. The second-order valence-corrected chi connectivity index (χ2v) is 10.2. The lowest BCUT2D eigenvalue weighted by molar-refractivity contribution is -0.167. The highest BCUT2D eigenvalue weighted by Gasteiger charge is 2.66. The van der Waals surface area contributed by atoms with Crippen LogP contribution < -0.4 is 0 Å². The number of hydrogen-bond donors (Lipinski definition) is 0. The number of carbonyl (C=O) groups is 1. The molecule has 0 aromatic heterocycles. The van der Waals surface area contributed by atoms with Crippen molar-refractivity contribution in [3.63, 3.8) is 0 Å². The normalized spacial score (nSPS) is 48.3. The van der Waals surface area contributed by atoms with E-state index in [-0.39, 0.29) is 17.0 Å². The van der Waals surface area contributed by atoms with E-state index < -0.39 is 0 Å². The maximum Gasteiger partial charge on any atom is 0.306 e. The van der Waals surface area contributed by atoms with Crippen LogP contribution in [0, 0.1) is 28.6 Å². The van der Waals surface area contributed by atoms with Gasteiger partial charge < -0.3 is 9.47 Å². The summed E-state index contributed by atoms with van der Waals surface area (Å²) >= 11 is 0. The van der Waals surface area contributed by atoms with Crippen LogP contribution in [0.2, 0.25) is 0 Å². The van der Waals surface area contributed by atoms with Crippen LogP contribution in [0.1, 0.15) is 78.6 Å². The van der Waals surface area contributed by atoms with Crippen molar-refractivity contribution < 1.29 is 14.3 Å². The van der Waals surface area contributed by atoms with Crippen molar-refractivity contribution >= 4 is 5.97 Å². The quantitative estimate of drug-likeness (QED) is 0.597. The number of fused-ring (bicyclic) bond motifs is 6. The molecule has 0 radical (unpaired) electrons. The number of carbonyl (C=O) groups excluding carboxylic acids is 1. The first-order chi connectivity index (χ1) is 12.9. The summed E-state index contributed by atoms with van der Waals surface area (Å²) in [6.07, 6.45) is 14.8. The molecule has 0 aromatic carbocycles. The SMILES string of the molecule is CCOC1=CC2=CC[C@H]3[C@@H](CC[C@@]4(C)[C@@H]3CC[C@@]43CCC(=O)O3)[C@@]2(C)CC1. The molecule has 1 aliphatic heterocycles. The molecule has 148 valence electrons. The van der Waals surface area contributed by atoms with E-state index in [9.17, 15) is 4.79 Å². The van der Waals surface area contributed by atoms with Crippen LogP contribution in [-0.4, -0.2) is 18.2 Å². The van der Waals surface area contributed by atoms with Gasteiger partial charge in [0.1, 0.15) is 5.60 Å². The molecule has 2 saturated carbocycles. The number of ether oxygens (including phenoxy) is 2. The Kier molecular flexibility index (Phi) is 3.88. The molecule has 3 fully saturated rings. The molecule has 5 rings (SSSR count). The summed E-state index contributed by atoms with van der Waals surface area (Å²) in [7, 11) is 0. The molecule has 6 atom stereocenters. The lowest BCUT2D eigenvalue weighted by atomic mass is 9.47. The van der Waals surface area contributed by atoms with Crippen LogP contribution in [0.5, 0.6) is 0 Å². The Bertz CT molecular complexity index is 721. The van der Waals surface area contributed by atoms with E-state index in [0.29, 0.717) is 17.8 Å². The van der Waals surface area contributed by atoms with Gasteiger partial charge in [0.25, 0.3) is 0 Å². The zero-order valence-electron chi connectivity index (χ0n) is 17.2. The van der Waals surface area contributed by atoms with Crippen molar-refractivity contribution in [1.29, 1.82) is 0 Å². The largest absolute Gasteiger partial charge is 0.498 e. The van der Waals surface area contributed by atoms with E-state index in [1.165, 1.54) is 43.4 Å². The maximum absolute atomic E-state index is 12.0. The molecule has 3 heteroatoms. The smallest absolute Gasteiger partial charge is 0.306 e. The first-order valence-corrected chi connectivity index (χ1v) is 11.2. The zero-order valence-corrected chi connectivity index (χ0v) is 17.2. The predicted molar refractivity (Wildman–Crippen MR) is 105 cm³/mol. The highest BCUT2D eigenvalue weighted by atomic mass is 16.6. The lowest BCUT2D eigenvalue weighted by Gasteiger charge is -2.58. The van der Waals surface area contributed by atoms with E-state index in [2.05, 4.69) is 32.9 Å². The van der Waals surface area contributed by atoms with Gasteiger partial charge in [0, 0.05) is 18.3 Å². The average Bonchev–Trinajstić information content (AvgIpc) is 3.16. The van der Waals surface area contributed by atoms with Gasteiger partial charge in [-0.25, -0.2) is 0 Å². The zero-order chi connectivity index (χ0) is 18.9. The highest BCUT2D eigenvalue weighted by molar-refractivity contribution is 5.72. The van der Waals surface area contributed by atoms with E-state index in [1.807, 2.05) is 0 Å². The van der Waals surface area contributed by atoms with E-state index in [1.54, 1.807) is 0 Å². The van der Waals surface area contributed by atoms with Crippen molar-refractivity contribution in [3.05, 3.63) is 23.5 Å². The van der Waals surface area contributed by atoms with Gasteiger partial charge in [-0.1, -0.05) is 19.9 Å². The second-order valence-electron chi connectivity index (χ2n) is 10.2. The molecule has 1 spiro atoms. The fourth-order valence-electron chi connectivity index (χ4n) is 7.89. The number of hydrogen-bond acceptors (Lipinski definition) is 3. The van der Waals surface area contributed by atoms with Crippen LogP contribution in [0.4, 0.5) is 0 Å². The first-order valence-electron chi connectivity index (χ1n) is 11.2. The summed E-state index contributed by atoms with van der Waals surface area (Å²) in [5, 5.41) is 0.